The predicted molar refractivity (Wildman–Crippen MR) is 106 cm³/mol. The fraction of sp³-hybridized carbons (Fsp3) is 0.500. The lowest BCUT2D eigenvalue weighted by molar-refractivity contribution is -0.127. The van der Waals surface area contributed by atoms with E-state index in [-0.39, 0.29) is 23.3 Å². The van der Waals surface area contributed by atoms with Crippen LogP contribution in [-0.4, -0.2) is 73.4 Å². The molecule has 5 amide bonds. The van der Waals surface area contributed by atoms with Crippen LogP contribution < -0.4 is 10.6 Å². The Morgan fingerprint density at radius 2 is 1.90 bits per heavy atom. The standard InChI is InChI=1S/C20H26N4O5/c1-29-12-4-11-24-18(26)15-7-6-14(13-16(15)19(24)27)22-20(28)21-8-3-10-23-9-2-5-17(23)25/h6-7,13H,2-5,8-12H2,1H3,(H2,21,22,28). The second-order valence-corrected chi connectivity index (χ2v) is 7.09. The lowest BCUT2D eigenvalue weighted by atomic mass is 10.1. The van der Waals surface area contributed by atoms with Gasteiger partial charge in [0.2, 0.25) is 5.91 Å². The van der Waals surface area contributed by atoms with Crippen LogP contribution in [0.15, 0.2) is 18.2 Å². The minimum Gasteiger partial charge on any atom is -0.385 e. The highest BCUT2D eigenvalue weighted by Crippen LogP contribution is 2.26. The summed E-state index contributed by atoms with van der Waals surface area (Å²) in [4.78, 5) is 51.5. The Labute approximate surface area is 169 Å². The Kier molecular flexibility index (Phi) is 6.82. The van der Waals surface area contributed by atoms with Gasteiger partial charge in [-0.15, -0.1) is 0 Å². The number of fused-ring (bicyclic) bond motifs is 1. The number of hydrogen-bond acceptors (Lipinski definition) is 5. The van der Waals surface area contributed by atoms with Gasteiger partial charge in [0.25, 0.3) is 11.8 Å². The van der Waals surface area contributed by atoms with Crippen molar-refractivity contribution in [1.82, 2.24) is 15.1 Å². The van der Waals surface area contributed by atoms with Gasteiger partial charge < -0.3 is 20.3 Å². The van der Waals surface area contributed by atoms with Gasteiger partial charge in [-0.2, -0.15) is 0 Å². The fourth-order valence-electron chi connectivity index (χ4n) is 3.53. The van der Waals surface area contributed by atoms with E-state index in [2.05, 4.69) is 10.6 Å². The van der Waals surface area contributed by atoms with Crippen LogP contribution in [0.3, 0.4) is 0 Å². The molecule has 0 unspecified atom stereocenters. The van der Waals surface area contributed by atoms with Crippen molar-refractivity contribution in [2.75, 3.05) is 45.2 Å². The fourth-order valence-corrected chi connectivity index (χ4v) is 3.53. The number of urea groups is 1. The van der Waals surface area contributed by atoms with Crippen LogP contribution in [0.1, 0.15) is 46.4 Å². The van der Waals surface area contributed by atoms with Gasteiger partial charge in [-0.1, -0.05) is 0 Å². The van der Waals surface area contributed by atoms with Crippen LogP contribution in [0.4, 0.5) is 10.5 Å². The Balaban J connectivity index is 1.49. The summed E-state index contributed by atoms with van der Waals surface area (Å²) < 4.78 is 4.96. The summed E-state index contributed by atoms with van der Waals surface area (Å²) in [6.45, 7) is 2.61. The number of ether oxygens (including phenoxy) is 1. The first-order valence-electron chi connectivity index (χ1n) is 9.83. The molecule has 1 aromatic carbocycles. The number of carbonyl (C=O) groups excluding carboxylic acids is 4. The Hall–Kier alpha value is -2.94. The van der Waals surface area contributed by atoms with E-state index in [0.29, 0.717) is 56.8 Å². The molecule has 9 heteroatoms. The van der Waals surface area contributed by atoms with E-state index in [0.717, 1.165) is 13.0 Å². The molecule has 2 heterocycles. The second kappa shape index (κ2) is 9.51. The number of rotatable bonds is 9. The summed E-state index contributed by atoms with van der Waals surface area (Å²) in [5.41, 5.74) is 1.07. The molecule has 156 valence electrons. The lowest BCUT2D eigenvalue weighted by Gasteiger charge is -2.15. The zero-order valence-corrected chi connectivity index (χ0v) is 16.5. The van der Waals surface area contributed by atoms with Crippen molar-refractivity contribution < 1.29 is 23.9 Å². The van der Waals surface area contributed by atoms with E-state index < -0.39 is 6.03 Å². The lowest BCUT2D eigenvalue weighted by Crippen LogP contribution is -2.33. The molecule has 9 nitrogen and oxygen atoms in total. The van der Waals surface area contributed by atoms with Gasteiger partial charge in [0.1, 0.15) is 0 Å². The van der Waals surface area contributed by atoms with E-state index in [9.17, 15) is 19.2 Å². The SMILES string of the molecule is COCCCN1C(=O)c2ccc(NC(=O)NCCCN3CCCC3=O)cc2C1=O. The molecule has 0 spiro atoms. The summed E-state index contributed by atoms with van der Waals surface area (Å²) in [6, 6.07) is 4.28. The summed E-state index contributed by atoms with van der Waals surface area (Å²) in [7, 11) is 1.57. The maximum Gasteiger partial charge on any atom is 0.319 e. The molecule has 29 heavy (non-hydrogen) atoms. The first-order chi connectivity index (χ1) is 14.0. The highest BCUT2D eigenvalue weighted by molar-refractivity contribution is 6.21. The third-order valence-corrected chi connectivity index (χ3v) is 5.02. The average Bonchev–Trinajstić information content (AvgIpc) is 3.21. The van der Waals surface area contributed by atoms with Crippen LogP contribution in [0.25, 0.3) is 0 Å². The van der Waals surface area contributed by atoms with Crippen LogP contribution in [0, 0.1) is 0 Å². The normalized spacial score (nSPS) is 15.8. The number of imide groups is 1. The van der Waals surface area contributed by atoms with Crippen LogP contribution in [-0.2, 0) is 9.53 Å². The molecule has 2 aliphatic heterocycles. The molecule has 0 radical (unpaired) electrons. The van der Waals surface area contributed by atoms with Crippen molar-refractivity contribution in [2.24, 2.45) is 0 Å². The number of nitrogens with one attached hydrogen (secondary N) is 2. The molecular formula is C20H26N4O5. The monoisotopic (exact) mass is 402 g/mol. The van der Waals surface area contributed by atoms with Crippen molar-refractivity contribution in [2.45, 2.75) is 25.7 Å². The minimum absolute atomic E-state index is 0.170. The minimum atomic E-state index is -0.397. The molecule has 1 saturated heterocycles. The Morgan fingerprint density at radius 1 is 1.10 bits per heavy atom. The largest absolute Gasteiger partial charge is 0.385 e. The summed E-state index contributed by atoms with van der Waals surface area (Å²) in [5, 5.41) is 5.42. The summed E-state index contributed by atoms with van der Waals surface area (Å²) in [5.74, 6) is -0.517. The van der Waals surface area contributed by atoms with E-state index in [1.807, 2.05) is 0 Å². The quantitative estimate of drug-likeness (QED) is 0.480. The average molecular weight is 402 g/mol. The van der Waals surface area contributed by atoms with Crippen molar-refractivity contribution in [3.63, 3.8) is 0 Å². The van der Waals surface area contributed by atoms with Crippen molar-refractivity contribution in [3.8, 4) is 0 Å². The number of hydrogen-bond donors (Lipinski definition) is 2. The Morgan fingerprint density at radius 3 is 2.62 bits per heavy atom. The number of likely N-dealkylation sites (tertiary alicyclic amines) is 1. The molecule has 3 rings (SSSR count). The molecule has 0 bridgehead atoms. The number of benzene rings is 1. The molecule has 1 aromatic rings. The number of anilines is 1. The second-order valence-electron chi connectivity index (χ2n) is 7.09. The summed E-state index contributed by atoms with van der Waals surface area (Å²) in [6.07, 6.45) is 2.75. The number of amides is 5. The summed E-state index contributed by atoms with van der Waals surface area (Å²) >= 11 is 0. The highest BCUT2D eigenvalue weighted by Gasteiger charge is 2.35. The smallest absolute Gasteiger partial charge is 0.319 e. The van der Waals surface area contributed by atoms with Gasteiger partial charge in [0.15, 0.2) is 0 Å². The number of nitrogens with zero attached hydrogens (tertiary/aromatic N) is 2. The van der Waals surface area contributed by atoms with E-state index in [1.165, 1.54) is 11.0 Å². The molecular weight excluding hydrogens is 376 g/mol. The van der Waals surface area contributed by atoms with Gasteiger partial charge in [0, 0.05) is 52.0 Å². The maximum absolute atomic E-state index is 12.5. The topological polar surface area (TPSA) is 108 Å². The first-order valence-corrected chi connectivity index (χ1v) is 9.83. The van der Waals surface area contributed by atoms with Gasteiger partial charge in [0.05, 0.1) is 11.1 Å². The molecule has 0 saturated carbocycles. The third-order valence-electron chi connectivity index (χ3n) is 5.02. The van der Waals surface area contributed by atoms with Gasteiger partial charge in [-0.3, -0.25) is 19.3 Å². The molecule has 0 aliphatic carbocycles. The molecule has 2 aliphatic rings. The zero-order valence-electron chi connectivity index (χ0n) is 16.5. The molecule has 2 N–H and O–H groups in total. The highest BCUT2D eigenvalue weighted by atomic mass is 16.5. The van der Waals surface area contributed by atoms with Crippen molar-refractivity contribution in [1.29, 1.82) is 0 Å². The van der Waals surface area contributed by atoms with Crippen LogP contribution in [0.5, 0.6) is 0 Å². The zero-order chi connectivity index (χ0) is 20.8. The van der Waals surface area contributed by atoms with Crippen molar-refractivity contribution >= 4 is 29.4 Å². The van der Waals surface area contributed by atoms with Crippen molar-refractivity contribution in [3.05, 3.63) is 29.3 Å². The van der Waals surface area contributed by atoms with E-state index >= 15 is 0 Å². The molecule has 0 atom stereocenters. The van der Waals surface area contributed by atoms with Gasteiger partial charge in [-0.25, -0.2) is 4.79 Å². The number of carbonyl (C=O) groups is 4. The Bertz CT molecular complexity index is 810. The number of methoxy groups -OCH3 is 1. The van der Waals surface area contributed by atoms with E-state index in [1.54, 1.807) is 24.1 Å². The predicted octanol–water partition coefficient (Wildman–Crippen LogP) is 1.45. The first kappa shape index (κ1) is 20.8. The van der Waals surface area contributed by atoms with Gasteiger partial charge >= 0.3 is 6.03 Å². The van der Waals surface area contributed by atoms with Crippen LogP contribution in [0.2, 0.25) is 0 Å². The van der Waals surface area contributed by atoms with E-state index in [4.69, 9.17) is 4.74 Å². The molecule has 1 fully saturated rings. The van der Waals surface area contributed by atoms with Crippen LogP contribution >= 0.6 is 0 Å². The van der Waals surface area contributed by atoms with Gasteiger partial charge in [-0.05, 0) is 37.5 Å². The maximum atomic E-state index is 12.5. The third kappa shape index (κ3) is 4.92. The molecule has 0 aromatic heterocycles.